The van der Waals surface area contributed by atoms with E-state index in [1.807, 2.05) is 18.2 Å². The molecule has 4 nitrogen and oxygen atoms in total. The second-order valence-electron chi connectivity index (χ2n) is 5.97. The molecule has 2 heterocycles. The van der Waals surface area contributed by atoms with Gasteiger partial charge < -0.3 is 15.0 Å². The van der Waals surface area contributed by atoms with Crippen molar-refractivity contribution in [2.45, 2.75) is 37.8 Å². The number of nitriles is 1. The summed E-state index contributed by atoms with van der Waals surface area (Å²) in [6.07, 6.45) is 4.64. The summed E-state index contributed by atoms with van der Waals surface area (Å²) in [4.78, 5) is 2.36. The molecule has 112 valence electrons. The fraction of sp³-hybridized carbons (Fsp3) is 0.588. The topological polar surface area (TPSA) is 48.3 Å². The molecule has 1 aromatic rings. The number of rotatable bonds is 3. The molecule has 0 spiro atoms. The molecule has 2 aliphatic rings. The van der Waals surface area contributed by atoms with Crippen LogP contribution in [0.1, 0.15) is 31.2 Å². The molecule has 0 aliphatic carbocycles. The Labute approximate surface area is 126 Å². The highest BCUT2D eigenvalue weighted by Gasteiger charge is 2.24. The third-order valence-electron chi connectivity index (χ3n) is 4.48. The number of para-hydroxylation sites is 1. The van der Waals surface area contributed by atoms with Gasteiger partial charge in [0.25, 0.3) is 0 Å². The Bertz CT molecular complexity index is 505. The van der Waals surface area contributed by atoms with Gasteiger partial charge in [0.15, 0.2) is 0 Å². The van der Waals surface area contributed by atoms with Gasteiger partial charge in [0.05, 0.1) is 11.3 Å². The molecule has 0 aromatic heterocycles. The molecule has 1 N–H and O–H groups in total. The normalized spacial score (nSPS) is 23.8. The van der Waals surface area contributed by atoms with Gasteiger partial charge in [0.2, 0.25) is 0 Å². The van der Waals surface area contributed by atoms with E-state index < -0.39 is 0 Å². The summed E-state index contributed by atoms with van der Waals surface area (Å²) >= 11 is 0. The lowest BCUT2D eigenvalue weighted by Gasteiger charge is -2.37. The van der Waals surface area contributed by atoms with E-state index in [0.717, 1.165) is 50.4 Å². The zero-order valence-electron chi connectivity index (χ0n) is 12.4. The Hall–Kier alpha value is -1.57. The Morgan fingerprint density at radius 1 is 1.14 bits per heavy atom. The molecule has 1 aromatic carbocycles. The zero-order chi connectivity index (χ0) is 14.5. The molecule has 21 heavy (non-hydrogen) atoms. The van der Waals surface area contributed by atoms with Crippen molar-refractivity contribution in [1.29, 1.82) is 5.26 Å². The molecule has 1 atom stereocenters. The maximum absolute atomic E-state index is 9.27. The van der Waals surface area contributed by atoms with Crippen LogP contribution in [0.4, 0.5) is 5.69 Å². The van der Waals surface area contributed by atoms with Gasteiger partial charge in [0.1, 0.15) is 6.07 Å². The van der Waals surface area contributed by atoms with Crippen LogP contribution in [0, 0.1) is 11.3 Å². The van der Waals surface area contributed by atoms with Crippen LogP contribution in [-0.4, -0.2) is 38.4 Å². The molecule has 0 unspecified atom stereocenters. The fourth-order valence-electron chi connectivity index (χ4n) is 3.37. The van der Waals surface area contributed by atoms with E-state index in [4.69, 9.17) is 4.74 Å². The number of hydrogen-bond acceptors (Lipinski definition) is 4. The van der Waals surface area contributed by atoms with Crippen molar-refractivity contribution in [3.8, 4) is 6.07 Å². The number of hydrogen-bond donors (Lipinski definition) is 1. The standard InChI is InChI=1S/C17H23N3O/c18-12-14-4-1-2-6-17(14)20-9-3-5-16(13-20)19-15-7-10-21-11-8-15/h1-2,4,6,15-16,19H,3,5,7-11,13H2/t16-/m1/s1. The van der Waals surface area contributed by atoms with Crippen molar-refractivity contribution in [3.63, 3.8) is 0 Å². The summed E-state index contributed by atoms with van der Waals surface area (Å²) in [5, 5.41) is 13.1. The van der Waals surface area contributed by atoms with Crippen LogP contribution in [0.15, 0.2) is 24.3 Å². The lowest BCUT2D eigenvalue weighted by atomic mass is 10.0. The number of anilines is 1. The highest BCUT2D eigenvalue weighted by molar-refractivity contribution is 5.59. The number of nitrogens with one attached hydrogen (secondary N) is 1. The number of benzene rings is 1. The Morgan fingerprint density at radius 3 is 2.76 bits per heavy atom. The minimum absolute atomic E-state index is 0.522. The lowest BCUT2D eigenvalue weighted by molar-refractivity contribution is 0.0742. The third-order valence-corrected chi connectivity index (χ3v) is 4.48. The minimum Gasteiger partial charge on any atom is -0.381 e. The van der Waals surface area contributed by atoms with Gasteiger partial charge in [-0.2, -0.15) is 5.26 Å². The summed E-state index contributed by atoms with van der Waals surface area (Å²) < 4.78 is 5.42. The van der Waals surface area contributed by atoms with Crippen molar-refractivity contribution in [3.05, 3.63) is 29.8 Å². The van der Waals surface area contributed by atoms with Crippen LogP contribution in [0.2, 0.25) is 0 Å². The van der Waals surface area contributed by atoms with Crippen LogP contribution < -0.4 is 10.2 Å². The van der Waals surface area contributed by atoms with E-state index in [-0.39, 0.29) is 0 Å². The van der Waals surface area contributed by atoms with Gasteiger partial charge in [0, 0.05) is 38.4 Å². The minimum atomic E-state index is 0.522. The monoisotopic (exact) mass is 285 g/mol. The summed E-state index contributed by atoms with van der Waals surface area (Å²) in [5.41, 5.74) is 1.86. The zero-order valence-corrected chi connectivity index (χ0v) is 12.4. The van der Waals surface area contributed by atoms with Crippen molar-refractivity contribution in [2.75, 3.05) is 31.2 Å². The van der Waals surface area contributed by atoms with Crippen LogP contribution in [-0.2, 0) is 4.74 Å². The first-order valence-corrected chi connectivity index (χ1v) is 7.94. The maximum atomic E-state index is 9.27. The Balaban J connectivity index is 1.64. The van der Waals surface area contributed by atoms with E-state index >= 15 is 0 Å². The highest BCUT2D eigenvalue weighted by atomic mass is 16.5. The Morgan fingerprint density at radius 2 is 1.95 bits per heavy atom. The van der Waals surface area contributed by atoms with E-state index in [0.29, 0.717) is 12.1 Å². The second-order valence-corrected chi connectivity index (χ2v) is 5.97. The lowest BCUT2D eigenvalue weighted by Crippen LogP contribution is -2.50. The molecule has 2 aliphatic heterocycles. The SMILES string of the molecule is N#Cc1ccccc1N1CCC[C@@H](NC2CCOCC2)C1. The highest BCUT2D eigenvalue weighted by Crippen LogP contribution is 2.24. The third kappa shape index (κ3) is 3.55. The first-order valence-electron chi connectivity index (χ1n) is 7.94. The number of piperidine rings is 1. The summed E-state index contributed by atoms with van der Waals surface area (Å²) in [6.45, 7) is 3.80. The summed E-state index contributed by atoms with van der Waals surface area (Å²) in [7, 11) is 0. The molecule has 3 rings (SSSR count). The predicted molar refractivity (Wildman–Crippen MR) is 83.4 cm³/mol. The number of nitrogens with zero attached hydrogens (tertiary/aromatic N) is 2. The van der Waals surface area contributed by atoms with Gasteiger partial charge >= 0.3 is 0 Å². The van der Waals surface area contributed by atoms with Crippen molar-refractivity contribution in [2.24, 2.45) is 0 Å². The largest absolute Gasteiger partial charge is 0.381 e. The van der Waals surface area contributed by atoms with Crippen LogP contribution in [0.25, 0.3) is 0 Å². The molecule has 0 bridgehead atoms. The Kier molecular flexibility index (Phi) is 4.74. The first-order chi connectivity index (χ1) is 10.4. The van der Waals surface area contributed by atoms with E-state index in [2.05, 4.69) is 22.4 Å². The van der Waals surface area contributed by atoms with Gasteiger partial charge in [-0.25, -0.2) is 0 Å². The molecule has 0 radical (unpaired) electrons. The quantitative estimate of drug-likeness (QED) is 0.925. The molecule has 4 heteroatoms. The predicted octanol–water partition coefficient (Wildman–Crippen LogP) is 2.30. The molecule has 2 saturated heterocycles. The molecule has 0 amide bonds. The van der Waals surface area contributed by atoms with Crippen LogP contribution >= 0.6 is 0 Å². The van der Waals surface area contributed by atoms with Crippen molar-refractivity contribution >= 4 is 5.69 Å². The molecule has 2 fully saturated rings. The van der Waals surface area contributed by atoms with Crippen LogP contribution in [0.3, 0.4) is 0 Å². The summed E-state index contributed by atoms with van der Waals surface area (Å²) in [6, 6.07) is 11.4. The maximum Gasteiger partial charge on any atom is 0.101 e. The summed E-state index contributed by atoms with van der Waals surface area (Å²) in [5.74, 6) is 0. The number of ether oxygens (including phenoxy) is 1. The van der Waals surface area contributed by atoms with E-state index in [1.165, 1.54) is 12.8 Å². The smallest absolute Gasteiger partial charge is 0.101 e. The van der Waals surface area contributed by atoms with Crippen molar-refractivity contribution < 1.29 is 4.74 Å². The molecule has 0 saturated carbocycles. The average molecular weight is 285 g/mol. The average Bonchev–Trinajstić information content (AvgIpc) is 2.56. The van der Waals surface area contributed by atoms with Crippen molar-refractivity contribution in [1.82, 2.24) is 5.32 Å². The first kappa shape index (κ1) is 14.4. The van der Waals surface area contributed by atoms with Gasteiger partial charge in [-0.05, 0) is 37.8 Å². The van der Waals surface area contributed by atoms with Crippen LogP contribution in [0.5, 0.6) is 0 Å². The fourth-order valence-corrected chi connectivity index (χ4v) is 3.37. The molecular weight excluding hydrogens is 262 g/mol. The van der Waals surface area contributed by atoms with E-state index in [9.17, 15) is 5.26 Å². The van der Waals surface area contributed by atoms with E-state index in [1.54, 1.807) is 0 Å². The van der Waals surface area contributed by atoms with Gasteiger partial charge in [-0.1, -0.05) is 12.1 Å². The van der Waals surface area contributed by atoms with Gasteiger partial charge in [-0.3, -0.25) is 0 Å². The van der Waals surface area contributed by atoms with Gasteiger partial charge in [-0.15, -0.1) is 0 Å². The molecular formula is C17H23N3O. The second kappa shape index (κ2) is 6.93.